The third kappa shape index (κ3) is 6.36. The topological polar surface area (TPSA) is 27.7 Å². The Balaban J connectivity index is 2.42. The second-order valence-corrected chi connectivity index (χ2v) is 9.05. The van der Waals surface area contributed by atoms with Crippen LogP contribution in [-0.2, 0) is 19.7 Å². The molecule has 0 unspecified atom stereocenters. The molecule has 0 heterocycles. The molecule has 0 fully saturated rings. The number of benzene rings is 1. The second kappa shape index (κ2) is 10.3. The molecular weight excluding hydrogens is 356 g/mol. The number of hydrogen-bond acceptors (Lipinski definition) is 3. The van der Waals surface area contributed by atoms with Gasteiger partial charge in [0.25, 0.3) is 0 Å². The maximum Gasteiger partial charge on any atom is 0.500 e. The third-order valence-electron chi connectivity index (χ3n) is 3.89. The van der Waals surface area contributed by atoms with Crippen molar-refractivity contribution in [1.82, 2.24) is 0 Å². The lowest BCUT2D eigenvalue weighted by atomic mass is 10.1. The molecule has 3 nitrogen and oxygen atoms in total. The summed E-state index contributed by atoms with van der Waals surface area (Å²) in [7, 11) is 0.474. The Bertz CT molecular complexity index is 551. The first kappa shape index (κ1) is 22.1. The van der Waals surface area contributed by atoms with Gasteiger partial charge in [0.1, 0.15) is 0 Å². The third-order valence-corrected chi connectivity index (χ3v) is 6.93. The van der Waals surface area contributed by atoms with Crippen molar-refractivity contribution in [3.05, 3.63) is 34.9 Å². The van der Waals surface area contributed by atoms with E-state index < -0.39 is 32.1 Å². The highest BCUT2D eigenvalue weighted by molar-refractivity contribution is 6.60. The van der Waals surface area contributed by atoms with Gasteiger partial charge in [0.05, 0.1) is 0 Å². The zero-order valence-electron chi connectivity index (χ0n) is 15.1. The molecule has 8 heteroatoms. The quantitative estimate of drug-likeness (QED) is 0.177. The molecule has 144 valence electrons. The molecule has 0 amide bonds. The Kier molecular flexibility index (Phi) is 9.05. The van der Waals surface area contributed by atoms with Gasteiger partial charge >= 0.3 is 8.80 Å². The number of aryl methyl sites for hydroxylation is 1. The molecule has 0 spiro atoms. The maximum atomic E-state index is 13.6. The van der Waals surface area contributed by atoms with Gasteiger partial charge in [-0.15, -0.1) is 0 Å². The number of hydrogen-bond donors (Lipinski definition) is 0. The van der Waals surface area contributed by atoms with Crippen molar-refractivity contribution in [2.75, 3.05) is 14.2 Å². The minimum atomic E-state index is -2.66. The van der Waals surface area contributed by atoms with Crippen LogP contribution >= 0.6 is 0 Å². The van der Waals surface area contributed by atoms with Gasteiger partial charge in [-0.2, -0.15) is 0 Å². The van der Waals surface area contributed by atoms with E-state index in [2.05, 4.69) is 0 Å². The zero-order chi connectivity index (χ0) is 19.0. The van der Waals surface area contributed by atoms with Crippen molar-refractivity contribution in [1.29, 1.82) is 0 Å². The fraction of sp³-hybridized carbons (Fsp3) is 0.647. The van der Waals surface area contributed by atoms with E-state index in [4.69, 9.17) is 13.3 Å². The van der Waals surface area contributed by atoms with Crippen molar-refractivity contribution >= 4 is 8.80 Å². The smallest absolute Gasteiger partial charge is 0.377 e. The minimum Gasteiger partial charge on any atom is -0.377 e. The molecule has 0 saturated carbocycles. The summed E-state index contributed by atoms with van der Waals surface area (Å²) in [6, 6.07) is 1.38. The van der Waals surface area contributed by atoms with Crippen LogP contribution in [0.3, 0.4) is 0 Å². The van der Waals surface area contributed by atoms with E-state index in [0.29, 0.717) is 12.5 Å². The highest BCUT2D eigenvalue weighted by atomic mass is 28.4. The molecule has 1 aromatic carbocycles. The molecule has 1 rings (SSSR count). The van der Waals surface area contributed by atoms with Crippen molar-refractivity contribution in [3.63, 3.8) is 0 Å². The lowest BCUT2D eigenvalue weighted by Crippen LogP contribution is -2.45. The van der Waals surface area contributed by atoms with Gasteiger partial charge in [-0.25, -0.2) is 17.6 Å². The average molecular weight is 382 g/mol. The van der Waals surface area contributed by atoms with E-state index in [0.717, 1.165) is 25.3 Å². The van der Waals surface area contributed by atoms with Crippen molar-refractivity contribution in [3.8, 4) is 0 Å². The summed E-state index contributed by atoms with van der Waals surface area (Å²) in [6.07, 6.45) is 3.05. The molecule has 0 aliphatic heterocycles. The first-order valence-electron chi connectivity index (χ1n) is 8.36. The molecule has 0 N–H and O–H groups in total. The molecule has 0 aliphatic rings. The van der Waals surface area contributed by atoms with E-state index in [1.807, 2.05) is 13.8 Å². The molecular formula is C17H26F4O3Si. The maximum absolute atomic E-state index is 13.6. The van der Waals surface area contributed by atoms with Crippen LogP contribution in [-0.4, -0.2) is 29.1 Å². The van der Waals surface area contributed by atoms with Gasteiger partial charge in [-0.05, 0) is 44.7 Å². The van der Waals surface area contributed by atoms with Gasteiger partial charge < -0.3 is 13.3 Å². The molecule has 1 aromatic rings. The van der Waals surface area contributed by atoms with Gasteiger partial charge in [0.2, 0.25) is 0 Å². The van der Waals surface area contributed by atoms with Crippen LogP contribution < -0.4 is 0 Å². The summed E-state index contributed by atoms with van der Waals surface area (Å²) in [4.78, 5) is 0. The van der Waals surface area contributed by atoms with Crippen LogP contribution in [0.4, 0.5) is 17.6 Å². The Morgan fingerprint density at radius 3 is 2.04 bits per heavy atom. The monoisotopic (exact) mass is 382 g/mol. The standard InChI is InChI=1S/C17H26F4O3Si/c1-12(2)24-25(22-3,23-4)10-8-6-5-7-9-13-11-14(18)16(20)17(21)15(13)19/h11-12H,5-10H2,1-4H3. The molecule has 0 aromatic heterocycles. The first-order chi connectivity index (χ1) is 11.8. The fourth-order valence-corrected chi connectivity index (χ4v) is 4.90. The van der Waals surface area contributed by atoms with Gasteiger partial charge in [-0.3, -0.25) is 0 Å². The Labute approximate surface area is 147 Å². The van der Waals surface area contributed by atoms with Gasteiger partial charge in [-0.1, -0.05) is 12.8 Å². The highest BCUT2D eigenvalue weighted by Gasteiger charge is 2.39. The number of halogens is 4. The summed E-state index contributed by atoms with van der Waals surface area (Å²) in [5, 5.41) is 0. The highest BCUT2D eigenvalue weighted by Crippen LogP contribution is 2.22. The van der Waals surface area contributed by atoms with E-state index in [1.165, 1.54) is 0 Å². The average Bonchev–Trinajstić information content (AvgIpc) is 2.58. The zero-order valence-corrected chi connectivity index (χ0v) is 16.1. The Morgan fingerprint density at radius 2 is 1.48 bits per heavy atom. The lowest BCUT2D eigenvalue weighted by molar-refractivity contribution is 0.0693. The van der Waals surface area contributed by atoms with Gasteiger partial charge in [0, 0.05) is 26.4 Å². The summed E-state index contributed by atoms with van der Waals surface area (Å²) in [6.45, 7) is 3.82. The van der Waals surface area contributed by atoms with Crippen LogP contribution in [0, 0.1) is 23.3 Å². The second-order valence-electron chi connectivity index (χ2n) is 6.13. The van der Waals surface area contributed by atoms with Crippen LogP contribution in [0.5, 0.6) is 0 Å². The van der Waals surface area contributed by atoms with Crippen molar-refractivity contribution in [2.45, 2.75) is 58.1 Å². The van der Waals surface area contributed by atoms with Crippen LogP contribution in [0.2, 0.25) is 6.04 Å². The number of rotatable bonds is 11. The fourth-order valence-electron chi connectivity index (χ4n) is 2.62. The van der Waals surface area contributed by atoms with E-state index in [9.17, 15) is 17.6 Å². The SMILES string of the molecule is CO[Si](CCCCCCc1cc(F)c(F)c(F)c1F)(OC)OC(C)C. The largest absolute Gasteiger partial charge is 0.500 e. The summed E-state index contributed by atoms with van der Waals surface area (Å²) >= 11 is 0. The van der Waals surface area contributed by atoms with E-state index >= 15 is 0 Å². The predicted molar refractivity (Wildman–Crippen MR) is 89.2 cm³/mol. The Morgan fingerprint density at radius 1 is 0.880 bits per heavy atom. The van der Waals surface area contributed by atoms with E-state index in [-0.39, 0.29) is 18.1 Å². The summed E-state index contributed by atoms with van der Waals surface area (Å²) < 4.78 is 69.5. The minimum absolute atomic E-state index is 0.00203. The molecule has 0 saturated heterocycles. The molecule has 0 aliphatic carbocycles. The van der Waals surface area contributed by atoms with Crippen LogP contribution in [0.1, 0.15) is 45.1 Å². The van der Waals surface area contributed by atoms with Crippen molar-refractivity contribution in [2.24, 2.45) is 0 Å². The predicted octanol–water partition coefficient (Wildman–Crippen LogP) is 5.00. The van der Waals surface area contributed by atoms with Crippen LogP contribution in [0.25, 0.3) is 0 Å². The van der Waals surface area contributed by atoms with Gasteiger partial charge in [0.15, 0.2) is 23.3 Å². The Hall–Kier alpha value is -0.963. The summed E-state index contributed by atoms with van der Waals surface area (Å²) in [5.74, 6) is -6.20. The molecule has 25 heavy (non-hydrogen) atoms. The van der Waals surface area contributed by atoms with E-state index in [1.54, 1.807) is 14.2 Å². The van der Waals surface area contributed by atoms with Crippen LogP contribution in [0.15, 0.2) is 6.07 Å². The molecule has 0 radical (unpaired) electrons. The molecule has 0 bridgehead atoms. The van der Waals surface area contributed by atoms with Crippen molar-refractivity contribution < 1.29 is 30.8 Å². The summed E-state index contributed by atoms with van der Waals surface area (Å²) in [5.41, 5.74) is -0.142. The number of unbranched alkanes of at least 4 members (excludes halogenated alkanes) is 3. The normalized spacial score (nSPS) is 12.2. The lowest BCUT2D eigenvalue weighted by Gasteiger charge is -2.28. The molecule has 0 atom stereocenters. The first-order valence-corrected chi connectivity index (χ1v) is 10.3.